The zero-order chi connectivity index (χ0) is 24.1. The fraction of sp³-hybridized carbons (Fsp3) is 0.217. The number of aryl methyl sites for hydroxylation is 1. The first kappa shape index (κ1) is 24.2. The molecule has 0 unspecified atom stereocenters. The quantitative estimate of drug-likeness (QED) is 0.268. The van der Waals surface area contributed by atoms with Gasteiger partial charge in [-0.3, -0.25) is 14.9 Å². The normalized spacial score (nSPS) is 11.0. The van der Waals surface area contributed by atoms with Crippen LogP contribution in [0.25, 0.3) is 16.2 Å². The molecule has 2 aromatic heterocycles. The van der Waals surface area contributed by atoms with Crippen molar-refractivity contribution in [1.29, 1.82) is 0 Å². The number of halogens is 1. The first-order valence-electron chi connectivity index (χ1n) is 9.86. The van der Waals surface area contributed by atoms with Crippen molar-refractivity contribution < 1.29 is 33.1 Å². The Hall–Kier alpha value is -3.43. The molecule has 1 aromatic carbocycles. The largest absolute Gasteiger partial charge is 0.462 e. The number of ketones is 1. The zero-order valence-corrected chi connectivity index (χ0v) is 19.6. The Kier molecular flexibility index (Phi) is 7.67. The van der Waals surface area contributed by atoms with Crippen LogP contribution in [0, 0.1) is 6.92 Å². The average molecular weight is 490 g/mol. The van der Waals surface area contributed by atoms with Crippen molar-refractivity contribution in [3.8, 4) is 0 Å². The number of furan rings is 1. The van der Waals surface area contributed by atoms with Crippen molar-refractivity contribution in [2.24, 2.45) is 0 Å². The van der Waals surface area contributed by atoms with Crippen LogP contribution in [0.2, 0.25) is 5.02 Å². The van der Waals surface area contributed by atoms with Crippen LogP contribution in [0.5, 0.6) is 0 Å². The number of anilines is 1. The topological polar surface area (TPSA) is 112 Å². The molecule has 1 N–H and O–H groups in total. The molecule has 0 fully saturated rings. The number of hydrogen-bond acceptors (Lipinski definition) is 8. The molecular formula is C23H20ClNO7S. The highest BCUT2D eigenvalue weighted by Crippen LogP contribution is 2.36. The molecule has 33 heavy (non-hydrogen) atoms. The Labute approximate surface area is 198 Å². The Bertz CT molecular complexity index is 1270. The lowest BCUT2D eigenvalue weighted by atomic mass is 10.1. The fourth-order valence-electron chi connectivity index (χ4n) is 3.09. The van der Waals surface area contributed by atoms with E-state index in [1.54, 1.807) is 6.92 Å². The van der Waals surface area contributed by atoms with E-state index in [1.807, 2.05) is 24.3 Å². The van der Waals surface area contributed by atoms with Gasteiger partial charge >= 0.3 is 11.9 Å². The standard InChI is InChI=1S/C23H20ClNO7S/c1-4-30-23(29)20-19(12(2)26)13(3)32-22(20)25-17(27)11-31-18(28)10-9-16-21(24)14-7-5-6-8-15(14)33-16/h5-10H,4,11H2,1-3H3,(H,25,27)/b10-9+. The number of benzene rings is 1. The molecule has 8 nitrogen and oxygen atoms in total. The Morgan fingerprint density at radius 1 is 1.15 bits per heavy atom. The number of rotatable bonds is 8. The lowest BCUT2D eigenvalue weighted by Crippen LogP contribution is -2.21. The molecule has 0 saturated carbocycles. The summed E-state index contributed by atoms with van der Waals surface area (Å²) in [5, 5.41) is 3.75. The Morgan fingerprint density at radius 3 is 2.55 bits per heavy atom. The van der Waals surface area contributed by atoms with E-state index in [0.29, 0.717) is 9.90 Å². The summed E-state index contributed by atoms with van der Waals surface area (Å²) in [6, 6.07) is 7.56. The lowest BCUT2D eigenvalue weighted by Gasteiger charge is -2.06. The summed E-state index contributed by atoms with van der Waals surface area (Å²) in [6.07, 6.45) is 2.68. The van der Waals surface area contributed by atoms with Gasteiger partial charge in [-0.25, -0.2) is 9.59 Å². The van der Waals surface area contributed by atoms with Gasteiger partial charge in [-0.15, -0.1) is 11.3 Å². The number of esters is 2. The number of ether oxygens (including phenoxy) is 2. The molecule has 0 spiro atoms. The minimum absolute atomic E-state index is 0.0175. The number of Topliss-reactive ketones (excluding diaryl/α,β-unsaturated/α-hetero) is 1. The fourth-order valence-corrected chi connectivity index (χ4v) is 4.48. The third-order valence-electron chi connectivity index (χ3n) is 4.44. The van der Waals surface area contributed by atoms with Crippen molar-refractivity contribution in [2.45, 2.75) is 20.8 Å². The SMILES string of the molecule is CCOC(=O)c1c(NC(=O)COC(=O)/C=C/c2sc3ccccc3c2Cl)oc(C)c1C(C)=O. The highest BCUT2D eigenvalue weighted by atomic mass is 35.5. The summed E-state index contributed by atoms with van der Waals surface area (Å²) in [5.41, 5.74) is -0.162. The van der Waals surface area contributed by atoms with Crippen LogP contribution in [-0.4, -0.2) is 36.8 Å². The third kappa shape index (κ3) is 5.50. The molecule has 2 heterocycles. The van der Waals surface area contributed by atoms with Crippen LogP contribution >= 0.6 is 22.9 Å². The van der Waals surface area contributed by atoms with Crippen LogP contribution in [0.1, 0.15) is 45.2 Å². The lowest BCUT2D eigenvalue weighted by molar-refractivity contribution is -0.142. The van der Waals surface area contributed by atoms with Crippen molar-refractivity contribution >= 4 is 68.6 Å². The smallest absolute Gasteiger partial charge is 0.344 e. The second-order valence-electron chi connectivity index (χ2n) is 6.78. The summed E-state index contributed by atoms with van der Waals surface area (Å²) in [4.78, 5) is 49.2. The van der Waals surface area contributed by atoms with Gasteiger partial charge in [0.15, 0.2) is 12.4 Å². The van der Waals surface area contributed by atoms with Crippen molar-refractivity contribution in [3.05, 3.63) is 57.1 Å². The minimum Gasteiger partial charge on any atom is -0.462 e. The maximum Gasteiger partial charge on any atom is 0.344 e. The van der Waals surface area contributed by atoms with E-state index in [-0.39, 0.29) is 29.4 Å². The number of nitrogens with one attached hydrogen (secondary N) is 1. The molecule has 10 heteroatoms. The van der Waals surface area contributed by atoms with Gasteiger partial charge in [-0.2, -0.15) is 0 Å². The molecular weight excluding hydrogens is 470 g/mol. The van der Waals surface area contributed by atoms with E-state index in [0.717, 1.165) is 10.1 Å². The minimum atomic E-state index is -0.810. The summed E-state index contributed by atoms with van der Waals surface area (Å²) < 4.78 is 16.2. The van der Waals surface area contributed by atoms with Crippen LogP contribution in [0.15, 0.2) is 34.8 Å². The van der Waals surface area contributed by atoms with Gasteiger partial charge in [0.2, 0.25) is 5.88 Å². The molecule has 0 aliphatic rings. The van der Waals surface area contributed by atoms with Gasteiger partial charge in [-0.1, -0.05) is 29.8 Å². The van der Waals surface area contributed by atoms with E-state index in [4.69, 9.17) is 25.5 Å². The molecule has 0 aliphatic carbocycles. The molecule has 0 radical (unpaired) electrons. The van der Waals surface area contributed by atoms with Gasteiger partial charge in [-0.05, 0) is 32.9 Å². The maximum atomic E-state index is 12.3. The van der Waals surface area contributed by atoms with E-state index in [1.165, 1.54) is 37.3 Å². The highest BCUT2D eigenvalue weighted by Gasteiger charge is 2.28. The number of hydrogen-bond donors (Lipinski definition) is 1. The van der Waals surface area contributed by atoms with E-state index in [9.17, 15) is 19.2 Å². The number of fused-ring (bicyclic) bond motifs is 1. The molecule has 172 valence electrons. The number of amides is 1. The molecule has 0 atom stereocenters. The summed E-state index contributed by atoms with van der Waals surface area (Å²) in [5.74, 6) is -2.84. The van der Waals surface area contributed by atoms with Crippen LogP contribution in [0.3, 0.4) is 0 Å². The Morgan fingerprint density at radius 2 is 1.88 bits per heavy atom. The number of carbonyl (C=O) groups excluding carboxylic acids is 4. The highest BCUT2D eigenvalue weighted by molar-refractivity contribution is 7.20. The second-order valence-corrected chi connectivity index (χ2v) is 8.24. The molecule has 0 saturated heterocycles. The van der Waals surface area contributed by atoms with E-state index in [2.05, 4.69) is 5.32 Å². The predicted molar refractivity (Wildman–Crippen MR) is 125 cm³/mol. The zero-order valence-electron chi connectivity index (χ0n) is 18.0. The molecule has 3 rings (SSSR count). The number of thiophene rings is 1. The van der Waals surface area contributed by atoms with E-state index < -0.39 is 30.2 Å². The van der Waals surface area contributed by atoms with Crippen molar-refractivity contribution in [1.82, 2.24) is 0 Å². The van der Waals surface area contributed by atoms with Gasteiger partial charge in [0.1, 0.15) is 11.3 Å². The summed E-state index contributed by atoms with van der Waals surface area (Å²) in [6.45, 7) is 3.79. The van der Waals surface area contributed by atoms with Crippen molar-refractivity contribution in [3.63, 3.8) is 0 Å². The molecule has 0 bridgehead atoms. The van der Waals surface area contributed by atoms with Crippen LogP contribution < -0.4 is 5.32 Å². The maximum absolute atomic E-state index is 12.3. The first-order valence-corrected chi connectivity index (χ1v) is 11.1. The predicted octanol–water partition coefficient (Wildman–Crippen LogP) is 5.03. The third-order valence-corrected chi connectivity index (χ3v) is 6.10. The molecule has 1 amide bonds. The van der Waals surface area contributed by atoms with Gasteiger partial charge in [0, 0.05) is 21.0 Å². The van der Waals surface area contributed by atoms with Crippen molar-refractivity contribution in [2.75, 3.05) is 18.5 Å². The van der Waals surface area contributed by atoms with Gasteiger partial charge in [0.25, 0.3) is 5.91 Å². The van der Waals surface area contributed by atoms with Gasteiger partial charge < -0.3 is 13.9 Å². The van der Waals surface area contributed by atoms with Gasteiger partial charge in [0.05, 0.1) is 17.2 Å². The monoisotopic (exact) mass is 489 g/mol. The summed E-state index contributed by atoms with van der Waals surface area (Å²) in [7, 11) is 0. The molecule has 3 aromatic rings. The van der Waals surface area contributed by atoms with Crippen LogP contribution in [-0.2, 0) is 19.1 Å². The first-order chi connectivity index (χ1) is 15.7. The van der Waals surface area contributed by atoms with Crippen LogP contribution in [0.4, 0.5) is 5.88 Å². The second kappa shape index (κ2) is 10.5. The summed E-state index contributed by atoms with van der Waals surface area (Å²) >= 11 is 7.75. The number of carbonyl (C=O) groups is 4. The van der Waals surface area contributed by atoms with E-state index >= 15 is 0 Å². The average Bonchev–Trinajstić information content (AvgIpc) is 3.27. The Balaban J connectivity index is 1.65. The molecule has 0 aliphatic heterocycles.